The van der Waals surface area contributed by atoms with Crippen molar-refractivity contribution < 1.29 is 18.3 Å². The Morgan fingerprint density at radius 1 is 0.882 bits per heavy atom. The number of piperazine rings is 1. The molecule has 1 aliphatic rings. The molecule has 3 aromatic carbocycles. The lowest BCUT2D eigenvalue weighted by molar-refractivity contribution is 0.00145. The Hall–Kier alpha value is -2.51. The zero-order chi connectivity index (χ0) is 24.1. The Balaban J connectivity index is 1.42. The number of halogens is 4. The van der Waals surface area contributed by atoms with Crippen LogP contribution in [-0.4, -0.2) is 48.4 Å². The van der Waals surface area contributed by atoms with E-state index in [1.165, 1.54) is 18.2 Å². The average Bonchev–Trinajstić information content (AvgIpc) is 2.84. The van der Waals surface area contributed by atoms with Crippen LogP contribution < -0.4 is 0 Å². The predicted octanol–water partition coefficient (Wildman–Crippen LogP) is 5.99. The van der Waals surface area contributed by atoms with Crippen molar-refractivity contribution in [3.63, 3.8) is 0 Å². The second-order valence-corrected chi connectivity index (χ2v) is 8.97. The molecule has 4 rings (SSSR count). The SMILES string of the molecule is O=C(c1ccccc1Cl)N1CCN(C[C@@H](OCc2c(F)cccc2F)c2ccc(Cl)cc2)CC1. The molecule has 0 N–H and O–H groups in total. The van der Waals surface area contributed by atoms with Gasteiger partial charge in [-0.05, 0) is 42.0 Å². The highest BCUT2D eigenvalue weighted by Crippen LogP contribution is 2.25. The van der Waals surface area contributed by atoms with E-state index in [1.54, 1.807) is 41.3 Å². The number of nitrogens with zero attached hydrogens (tertiary/aromatic N) is 2. The molecule has 0 radical (unpaired) electrons. The third-order valence-corrected chi connectivity index (χ3v) is 6.50. The Labute approximate surface area is 207 Å². The topological polar surface area (TPSA) is 32.8 Å². The summed E-state index contributed by atoms with van der Waals surface area (Å²) in [7, 11) is 0. The Morgan fingerprint density at radius 2 is 1.53 bits per heavy atom. The highest BCUT2D eigenvalue weighted by molar-refractivity contribution is 6.33. The minimum Gasteiger partial charge on any atom is -0.367 e. The van der Waals surface area contributed by atoms with E-state index >= 15 is 0 Å². The first-order chi connectivity index (χ1) is 16.4. The second kappa shape index (κ2) is 11.3. The van der Waals surface area contributed by atoms with Crippen molar-refractivity contribution in [2.24, 2.45) is 0 Å². The smallest absolute Gasteiger partial charge is 0.255 e. The summed E-state index contributed by atoms with van der Waals surface area (Å²) in [6, 6.07) is 18.0. The van der Waals surface area contributed by atoms with Crippen LogP contribution in [0, 0.1) is 11.6 Å². The summed E-state index contributed by atoms with van der Waals surface area (Å²) in [5.41, 5.74) is 1.25. The molecule has 0 aromatic heterocycles. The normalized spacial score (nSPS) is 15.4. The fourth-order valence-corrected chi connectivity index (χ4v) is 4.30. The van der Waals surface area contributed by atoms with Crippen molar-refractivity contribution in [1.82, 2.24) is 9.80 Å². The second-order valence-electron chi connectivity index (χ2n) is 8.12. The quantitative estimate of drug-likeness (QED) is 0.396. The minimum atomic E-state index is -0.637. The average molecular weight is 505 g/mol. The number of carbonyl (C=O) groups excluding carboxylic acids is 1. The molecule has 0 spiro atoms. The van der Waals surface area contributed by atoms with Crippen LogP contribution in [0.4, 0.5) is 8.78 Å². The van der Waals surface area contributed by atoms with Crippen LogP contribution in [-0.2, 0) is 11.3 Å². The lowest BCUT2D eigenvalue weighted by Gasteiger charge is -2.36. The number of ether oxygens (including phenoxy) is 1. The van der Waals surface area contributed by atoms with Crippen LogP contribution in [0.2, 0.25) is 10.0 Å². The molecule has 0 saturated carbocycles. The van der Waals surface area contributed by atoms with Gasteiger partial charge in [0.05, 0.1) is 23.3 Å². The number of rotatable bonds is 7. The van der Waals surface area contributed by atoms with Crippen LogP contribution in [0.25, 0.3) is 0 Å². The Kier molecular flexibility index (Phi) is 8.16. The molecule has 1 fully saturated rings. The highest BCUT2D eigenvalue weighted by atomic mass is 35.5. The first-order valence-corrected chi connectivity index (χ1v) is 11.7. The van der Waals surface area contributed by atoms with Gasteiger partial charge in [0, 0.05) is 43.3 Å². The number of benzene rings is 3. The van der Waals surface area contributed by atoms with E-state index in [2.05, 4.69) is 4.90 Å². The molecule has 1 atom stereocenters. The standard InChI is InChI=1S/C26H24Cl2F2N2O2/c27-19-10-8-18(9-11-19)25(34-17-21-23(29)6-3-7-24(21)30)16-31-12-14-32(15-13-31)26(33)20-4-1-2-5-22(20)28/h1-11,25H,12-17H2/t25-/m1/s1. The van der Waals surface area contributed by atoms with Crippen molar-refractivity contribution >= 4 is 29.1 Å². The van der Waals surface area contributed by atoms with E-state index in [0.29, 0.717) is 48.3 Å². The number of hydrogen-bond donors (Lipinski definition) is 0. The largest absolute Gasteiger partial charge is 0.367 e. The van der Waals surface area contributed by atoms with Gasteiger partial charge in [-0.15, -0.1) is 0 Å². The predicted molar refractivity (Wildman–Crippen MR) is 129 cm³/mol. The molecule has 0 bridgehead atoms. The summed E-state index contributed by atoms with van der Waals surface area (Å²) in [5.74, 6) is -1.37. The van der Waals surface area contributed by atoms with Crippen molar-refractivity contribution in [2.75, 3.05) is 32.7 Å². The third kappa shape index (κ3) is 5.94. The van der Waals surface area contributed by atoms with E-state index in [4.69, 9.17) is 27.9 Å². The molecule has 1 saturated heterocycles. The fourth-order valence-electron chi connectivity index (χ4n) is 3.96. The summed E-state index contributed by atoms with van der Waals surface area (Å²) in [5, 5.41) is 1.03. The monoisotopic (exact) mass is 504 g/mol. The zero-order valence-corrected chi connectivity index (χ0v) is 19.9. The first kappa shape index (κ1) is 24.6. The van der Waals surface area contributed by atoms with Gasteiger partial charge in [0.2, 0.25) is 0 Å². The lowest BCUT2D eigenvalue weighted by Crippen LogP contribution is -2.49. The van der Waals surface area contributed by atoms with E-state index < -0.39 is 17.7 Å². The summed E-state index contributed by atoms with van der Waals surface area (Å²) < 4.78 is 34.2. The number of hydrogen-bond acceptors (Lipinski definition) is 3. The maximum absolute atomic E-state index is 14.1. The van der Waals surface area contributed by atoms with E-state index in [0.717, 1.165) is 5.56 Å². The molecule has 8 heteroatoms. The molecular weight excluding hydrogens is 481 g/mol. The van der Waals surface area contributed by atoms with Crippen molar-refractivity contribution in [3.8, 4) is 0 Å². The highest BCUT2D eigenvalue weighted by Gasteiger charge is 2.26. The molecule has 34 heavy (non-hydrogen) atoms. The van der Waals surface area contributed by atoms with Crippen LogP contribution in [0.5, 0.6) is 0 Å². The minimum absolute atomic E-state index is 0.0919. The molecule has 1 amide bonds. The van der Waals surface area contributed by atoms with Crippen LogP contribution in [0.3, 0.4) is 0 Å². The number of carbonyl (C=O) groups is 1. The van der Waals surface area contributed by atoms with Crippen LogP contribution >= 0.6 is 23.2 Å². The molecule has 1 aliphatic heterocycles. The van der Waals surface area contributed by atoms with Crippen LogP contribution in [0.15, 0.2) is 66.7 Å². The van der Waals surface area contributed by atoms with Crippen molar-refractivity contribution in [1.29, 1.82) is 0 Å². The van der Waals surface area contributed by atoms with E-state index in [9.17, 15) is 13.6 Å². The van der Waals surface area contributed by atoms with Crippen molar-refractivity contribution in [3.05, 3.63) is 105 Å². The molecule has 0 unspecified atom stereocenters. The molecule has 3 aromatic rings. The van der Waals surface area contributed by atoms with Gasteiger partial charge in [-0.25, -0.2) is 8.78 Å². The lowest BCUT2D eigenvalue weighted by atomic mass is 10.1. The van der Waals surface area contributed by atoms with Gasteiger partial charge in [-0.3, -0.25) is 9.69 Å². The summed E-state index contributed by atoms with van der Waals surface area (Å²) in [6.45, 7) is 2.66. The maximum atomic E-state index is 14.1. The van der Waals surface area contributed by atoms with Gasteiger partial charge in [0.25, 0.3) is 5.91 Å². The van der Waals surface area contributed by atoms with E-state index in [-0.39, 0.29) is 18.1 Å². The third-order valence-electron chi connectivity index (χ3n) is 5.92. The molecule has 178 valence electrons. The summed E-state index contributed by atoms with van der Waals surface area (Å²) in [4.78, 5) is 16.8. The summed E-state index contributed by atoms with van der Waals surface area (Å²) in [6.07, 6.45) is -0.429. The molecular formula is C26H24Cl2F2N2O2. The van der Waals surface area contributed by atoms with E-state index in [1.807, 2.05) is 12.1 Å². The van der Waals surface area contributed by atoms with Gasteiger partial charge in [-0.2, -0.15) is 0 Å². The van der Waals surface area contributed by atoms with Gasteiger partial charge in [-0.1, -0.05) is 53.5 Å². The van der Waals surface area contributed by atoms with Gasteiger partial charge >= 0.3 is 0 Å². The van der Waals surface area contributed by atoms with Crippen LogP contribution in [0.1, 0.15) is 27.6 Å². The summed E-state index contributed by atoms with van der Waals surface area (Å²) >= 11 is 12.2. The van der Waals surface area contributed by atoms with Gasteiger partial charge in [0.15, 0.2) is 0 Å². The zero-order valence-electron chi connectivity index (χ0n) is 18.4. The fraction of sp³-hybridized carbons (Fsp3) is 0.269. The van der Waals surface area contributed by atoms with Crippen molar-refractivity contribution in [2.45, 2.75) is 12.7 Å². The molecule has 1 heterocycles. The van der Waals surface area contributed by atoms with Gasteiger partial charge in [0.1, 0.15) is 11.6 Å². The Morgan fingerprint density at radius 3 is 2.18 bits per heavy atom. The first-order valence-electron chi connectivity index (χ1n) is 11.0. The number of amides is 1. The molecule has 0 aliphatic carbocycles. The van der Waals surface area contributed by atoms with Gasteiger partial charge < -0.3 is 9.64 Å². The molecule has 4 nitrogen and oxygen atoms in total. The maximum Gasteiger partial charge on any atom is 0.255 e. The Bertz CT molecular complexity index is 1120.